The van der Waals surface area contributed by atoms with E-state index in [1.807, 2.05) is 0 Å². The number of methoxy groups -OCH3 is 1. The second-order valence-electron chi connectivity index (χ2n) is 4.14. The largest absolute Gasteiger partial charge is 0.497 e. The molecule has 0 aliphatic rings. The van der Waals surface area contributed by atoms with Crippen LogP contribution in [0.3, 0.4) is 0 Å². The molecule has 1 rings (SSSR count). The summed E-state index contributed by atoms with van der Waals surface area (Å²) in [6, 6.07) is 6.84. The molecule has 19 heavy (non-hydrogen) atoms. The van der Waals surface area contributed by atoms with Gasteiger partial charge in [0.1, 0.15) is 5.75 Å². The fourth-order valence-electron chi connectivity index (χ4n) is 1.60. The molecule has 0 saturated carbocycles. The van der Waals surface area contributed by atoms with Gasteiger partial charge >= 0.3 is 6.18 Å². The van der Waals surface area contributed by atoms with Crippen molar-refractivity contribution >= 4 is 0 Å². The van der Waals surface area contributed by atoms with Gasteiger partial charge in [0.05, 0.1) is 13.2 Å². The van der Waals surface area contributed by atoms with E-state index in [0.717, 1.165) is 6.92 Å². The molecular formula is C13H18F3NO2. The van der Waals surface area contributed by atoms with Crippen LogP contribution in [-0.2, 0) is 4.74 Å². The molecule has 108 valence electrons. The summed E-state index contributed by atoms with van der Waals surface area (Å²) in [5.41, 5.74) is 0.643. The molecular weight excluding hydrogens is 259 g/mol. The van der Waals surface area contributed by atoms with Gasteiger partial charge < -0.3 is 14.8 Å². The highest BCUT2D eigenvalue weighted by molar-refractivity contribution is 5.30. The molecule has 6 heteroatoms. The lowest BCUT2D eigenvalue weighted by Crippen LogP contribution is -2.32. The number of hydrogen-bond acceptors (Lipinski definition) is 3. The van der Waals surface area contributed by atoms with Crippen molar-refractivity contribution in [1.29, 1.82) is 0 Å². The molecule has 1 aromatic rings. The van der Waals surface area contributed by atoms with E-state index in [0.29, 0.717) is 11.3 Å². The number of rotatable bonds is 6. The molecule has 0 saturated heterocycles. The average Bonchev–Trinajstić information content (AvgIpc) is 2.37. The van der Waals surface area contributed by atoms with Crippen LogP contribution in [0.2, 0.25) is 0 Å². The Bertz CT molecular complexity index is 396. The van der Waals surface area contributed by atoms with Gasteiger partial charge in [0, 0.05) is 6.54 Å². The van der Waals surface area contributed by atoms with E-state index in [9.17, 15) is 13.2 Å². The third-order valence-corrected chi connectivity index (χ3v) is 2.68. The molecule has 0 radical (unpaired) electrons. The minimum absolute atomic E-state index is 0.285. The first kappa shape index (κ1) is 15.8. The van der Waals surface area contributed by atoms with E-state index in [4.69, 9.17) is 9.47 Å². The van der Waals surface area contributed by atoms with E-state index in [1.54, 1.807) is 31.3 Å². The highest BCUT2D eigenvalue weighted by atomic mass is 19.4. The van der Waals surface area contributed by atoms with Gasteiger partial charge in [0.25, 0.3) is 0 Å². The number of benzene rings is 1. The van der Waals surface area contributed by atoms with Crippen molar-refractivity contribution < 1.29 is 22.6 Å². The van der Waals surface area contributed by atoms with Crippen LogP contribution in [0.25, 0.3) is 0 Å². The Morgan fingerprint density at radius 2 is 2.00 bits per heavy atom. The fraction of sp³-hybridized carbons (Fsp3) is 0.538. The van der Waals surface area contributed by atoms with Gasteiger partial charge in [-0.25, -0.2) is 0 Å². The van der Waals surface area contributed by atoms with Crippen molar-refractivity contribution in [1.82, 2.24) is 5.32 Å². The molecule has 0 spiro atoms. The highest BCUT2D eigenvalue weighted by Crippen LogP contribution is 2.29. The molecule has 0 aromatic heterocycles. The molecule has 3 nitrogen and oxygen atoms in total. The van der Waals surface area contributed by atoms with Crippen LogP contribution in [0.1, 0.15) is 18.6 Å². The van der Waals surface area contributed by atoms with Crippen LogP contribution in [0, 0.1) is 0 Å². The Labute approximate surface area is 110 Å². The summed E-state index contributed by atoms with van der Waals surface area (Å²) >= 11 is 0. The van der Waals surface area contributed by atoms with Gasteiger partial charge in [-0.2, -0.15) is 13.2 Å². The fourth-order valence-corrected chi connectivity index (χ4v) is 1.60. The second-order valence-corrected chi connectivity index (χ2v) is 4.14. The maximum absolute atomic E-state index is 12.5. The zero-order valence-corrected chi connectivity index (χ0v) is 11.1. The Balaban J connectivity index is 2.87. The third kappa shape index (κ3) is 4.72. The van der Waals surface area contributed by atoms with Gasteiger partial charge in [-0.15, -0.1) is 0 Å². The second kappa shape index (κ2) is 6.77. The van der Waals surface area contributed by atoms with Crippen molar-refractivity contribution in [2.75, 3.05) is 20.7 Å². The van der Waals surface area contributed by atoms with Crippen LogP contribution in [0.15, 0.2) is 24.3 Å². The van der Waals surface area contributed by atoms with Gasteiger partial charge in [-0.1, -0.05) is 12.1 Å². The SMILES string of the molecule is CNCC(OC(C)C(F)(F)F)c1cccc(OC)c1. The van der Waals surface area contributed by atoms with Crippen molar-refractivity contribution in [3.8, 4) is 5.75 Å². The predicted molar refractivity (Wildman–Crippen MR) is 66.3 cm³/mol. The predicted octanol–water partition coefficient (Wildman–Crippen LogP) is 2.92. The van der Waals surface area contributed by atoms with Gasteiger partial charge in [0.15, 0.2) is 6.10 Å². The standard InChI is InChI=1S/C13H18F3NO2/c1-9(13(14,15)16)19-12(8-17-2)10-5-4-6-11(7-10)18-3/h4-7,9,12,17H,8H2,1-3H3. The maximum Gasteiger partial charge on any atom is 0.414 e. The Kier molecular flexibility index (Phi) is 5.62. The monoisotopic (exact) mass is 277 g/mol. The number of hydrogen-bond donors (Lipinski definition) is 1. The molecule has 0 amide bonds. The zero-order valence-electron chi connectivity index (χ0n) is 11.1. The molecule has 0 fully saturated rings. The first-order valence-corrected chi connectivity index (χ1v) is 5.89. The van der Waals surface area contributed by atoms with Crippen molar-refractivity contribution in [2.24, 2.45) is 0 Å². The Morgan fingerprint density at radius 3 is 2.53 bits per heavy atom. The summed E-state index contributed by atoms with van der Waals surface area (Å²) in [5.74, 6) is 0.585. The summed E-state index contributed by atoms with van der Waals surface area (Å²) in [7, 11) is 3.17. The van der Waals surface area contributed by atoms with Crippen molar-refractivity contribution in [3.63, 3.8) is 0 Å². The van der Waals surface area contributed by atoms with Crippen LogP contribution < -0.4 is 10.1 Å². The normalized spacial score (nSPS) is 15.1. The Morgan fingerprint density at radius 1 is 1.32 bits per heavy atom. The number of alkyl halides is 3. The van der Waals surface area contributed by atoms with Gasteiger partial charge in [-0.05, 0) is 31.7 Å². The minimum Gasteiger partial charge on any atom is -0.497 e. The van der Waals surface area contributed by atoms with Gasteiger partial charge in [-0.3, -0.25) is 0 Å². The molecule has 0 aliphatic heterocycles. The van der Waals surface area contributed by atoms with Crippen LogP contribution in [-0.4, -0.2) is 33.0 Å². The smallest absolute Gasteiger partial charge is 0.414 e. The van der Waals surface area contributed by atoms with E-state index in [-0.39, 0.29) is 6.54 Å². The lowest BCUT2D eigenvalue weighted by Gasteiger charge is -2.24. The van der Waals surface area contributed by atoms with E-state index >= 15 is 0 Å². The van der Waals surface area contributed by atoms with Crippen LogP contribution in [0.5, 0.6) is 5.75 Å². The number of ether oxygens (including phenoxy) is 2. The molecule has 0 aliphatic carbocycles. The zero-order chi connectivity index (χ0) is 14.5. The Hall–Kier alpha value is -1.27. The van der Waals surface area contributed by atoms with Crippen LogP contribution in [0.4, 0.5) is 13.2 Å². The van der Waals surface area contributed by atoms with Gasteiger partial charge in [0.2, 0.25) is 0 Å². The molecule has 2 unspecified atom stereocenters. The van der Waals surface area contributed by atoms with Crippen LogP contribution >= 0.6 is 0 Å². The van der Waals surface area contributed by atoms with E-state index in [1.165, 1.54) is 7.11 Å². The summed E-state index contributed by atoms with van der Waals surface area (Å²) in [4.78, 5) is 0. The van der Waals surface area contributed by atoms with E-state index < -0.39 is 18.4 Å². The number of halogens is 3. The maximum atomic E-state index is 12.5. The molecule has 0 bridgehead atoms. The highest BCUT2D eigenvalue weighted by Gasteiger charge is 2.38. The number of likely N-dealkylation sites (N-methyl/N-ethyl adjacent to an activating group) is 1. The number of nitrogens with one attached hydrogen (secondary N) is 1. The van der Waals surface area contributed by atoms with Crippen molar-refractivity contribution in [2.45, 2.75) is 25.3 Å². The first-order chi connectivity index (χ1) is 8.88. The summed E-state index contributed by atoms with van der Waals surface area (Å²) in [6.45, 7) is 1.29. The minimum atomic E-state index is -4.37. The summed E-state index contributed by atoms with van der Waals surface area (Å²) in [5, 5.41) is 2.83. The van der Waals surface area contributed by atoms with E-state index in [2.05, 4.69) is 5.32 Å². The molecule has 1 N–H and O–H groups in total. The summed E-state index contributed by atoms with van der Waals surface area (Å²) < 4.78 is 47.8. The summed E-state index contributed by atoms with van der Waals surface area (Å²) in [6.07, 6.45) is -6.88. The van der Waals surface area contributed by atoms with Crippen molar-refractivity contribution in [3.05, 3.63) is 29.8 Å². The third-order valence-electron chi connectivity index (χ3n) is 2.68. The molecule has 1 aromatic carbocycles. The lowest BCUT2D eigenvalue weighted by molar-refractivity contribution is -0.227. The topological polar surface area (TPSA) is 30.5 Å². The first-order valence-electron chi connectivity index (χ1n) is 5.89. The molecule has 0 heterocycles. The average molecular weight is 277 g/mol. The molecule has 2 atom stereocenters. The quantitative estimate of drug-likeness (QED) is 0.867. The lowest BCUT2D eigenvalue weighted by atomic mass is 10.1.